The fraction of sp³-hybridized carbons (Fsp3) is 0.438. The van der Waals surface area contributed by atoms with Crippen LogP contribution in [0.5, 0.6) is 0 Å². The number of amides is 2. The van der Waals surface area contributed by atoms with E-state index in [0.29, 0.717) is 25.4 Å². The fourth-order valence-corrected chi connectivity index (χ4v) is 2.26. The molecule has 0 saturated heterocycles. The Morgan fingerprint density at radius 3 is 2.73 bits per heavy atom. The van der Waals surface area contributed by atoms with E-state index in [0.717, 1.165) is 24.1 Å². The maximum atomic E-state index is 12.0. The van der Waals surface area contributed by atoms with Crippen molar-refractivity contribution in [1.29, 1.82) is 0 Å². The smallest absolute Gasteiger partial charge is 0.264 e. The molecule has 3 rings (SSSR count). The van der Waals surface area contributed by atoms with Crippen LogP contribution in [0.1, 0.15) is 31.2 Å². The van der Waals surface area contributed by atoms with Crippen LogP contribution in [0.2, 0.25) is 0 Å². The van der Waals surface area contributed by atoms with Crippen molar-refractivity contribution in [2.45, 2.75) is 37.8 Å². The van der Waals surface area contributed by atoms with E-state index in [1.165, 1.54) is 0 Å². The van der Waals surface area contributed by atoms with Crippen molar-refractivity contribution < 1.29 is 14.4 Å². The molecule has 0 spiro atoms. The summed E-state index contributed by atoms with van der Waals surface area (Å²) in [4.78, 5) is 28.7. The number of oxime groups is 1. The van der Waals surface area contributed by atoms with Gasteiger partial charge in [-0.2, -0.15) is 0 Å². The quantitative estimate of drug-likeness (QED) is 0.821. The van der Waals surface area contributed by atoms with Gasteiger partial charge >= 0.3 is 0 Å². The molecule has 6 nitrogen and oxygen atoms in total. The molecule has 2 aliphatic rings. The van der Waals surface area contributed by atoms with Crippen molar-refractivity contribution in [3.8, 4) is 0 Å². The van der Waals surface area contributed by atoms with Gasteiger partial charge in [-0.25, -0.2) is 0 Å². The highest BCUT2D eigenvalue weighted by molar-refractivity contribution is 6.04. The molecule has 2 N–H and O–H groups in total. The average Bonchev–Trinajstić information content (AvgIpc) is 3.19. The second-order valence-electron chi connectivity index (χ2n) is 5.58. The van der Waals surface area contributed by atoms with Gasteiger partial charge in [0.25, 0.3) is 5.91 Å². The average molecular weight is 301 g/mol. The minimum absolute atomic E-state index is 0.0173. The summed E-state index contributed by atoms with van der Waals surface area (Å²) in [6, 6.07) is 9.99. The highest BCUT2D eigenvalue weighted by atomic mass is 16.6. The van der Waals surface area contributed by atoms with Gasteiger partial charge in [0.1, 0.15) is 0 Å². The van der Waals surface area contributed by atoms with Crippen molar-refractivity contribution in [3.05, 3.63) is 35.9 Å². The summed E-state index contributed by atoms with van der Waals surface area (Å²) in [5.41, 5.74) is 1.73. The summed E-state index contributed by atoms with van der Waals surface area (Å²) in [6.07, 6.45) is 2.26. The molecule has 1 heterocycles. The largest absolute Gasteiger partial charge is 0.382 e. The topological polar surface area (TPSA) is 79.8 Å². The molecule has 1 aliphatic carbocycles. The molecule has 0 aromatic heterocycles. The van der Waals surface area contributed by atoms with Crippen LogP contribution in [0.15, 0.2) is 35.5 Å². The summed E-state index contributed by atoms with van der Waals surface area (Å²) in [5.74, 6) is -0.245. The van der Waals surface area contributed by atoms with Crippen LogP contribution < -0.4 is 10.6 Å². The summed E-state index contributed by atoms with van der Waals surface area (Å²) in [6.45, 7) is 0.317. The molecule has 1 aliphatic heterocycles. The van der Waals surface area contributed by atoms with Crippen molar-refractivity contribution in [3.63, 3.8) is 0 Å². The van der Waals surface area contributed by atoms with Crippen molar-refractivity contribution in [1.82, 2.24) is 10.6 Å². The van der Waals surface area contributed by atoms with Gasteiger partial charge in [0.05, 0.1) is 5.71 Å². The van der Waals surface area contributed by atoms with Crippen LogP contribution in [0.3, 0.4) is 0 Å². The lowest BCUT2D eigenvalue weighted by atomic mass is 10.0. The van der Waals surface area contributed by atoms with Crippen LogP contribution >= 0.6 is 0 Å². The predicted octanol–water partition coefficient (Wildman–Crippen LogP) is 0.964. The van der Waals surface area contributed by atoms with Gasteiger partial charge in [-0.1, -0.05) is 35.5 Å². The first-order valence-corrected chi connectivity index (χ1v) is 7.57. The first kappa shape index (κ1) is 14.6. The van der Waals surface area contributed by atoms with Gasteiger partial charge < -0.3 is 15.5 Å². The zero-order valence-corrected chi connectivity index (χ0v) is 12.2. The molecule has 0 radical (unpaired) electrons. The van der Waals surface area contributed by atoms with Gasteiger partial charge in [0, 0.05) is 25.4 Å². The molecule has 116 valence electrons. The second-order valence-corrected chi connectivity index (χ2v) is 5.58. The minimum atomic E-state index is -0.610. The monoisotopic (exact) mass is 301 g/mol. The Morgan fingerprint density at radius 1 is 1.23 bits per heavy atom. The summed E-state index contributed by atoms with van der Waals surface area (Å²) < 4.78 is 0. The molecule has 1 saturated carbocycles. The van der Waals surface area contributed by atoms with E-state index in [4.69, 9.17) is 4.84 Å². The SMILES string of the molecule is O=C(CCNC(=O)[C@@H]1CC(c2ccccc2)=NO1)NC1CC1. The third-order valence-corrected chi connectivity index (χ3v) is 3.66. The van der Waals surface area contributed by atoms with Gasteiger partial charge in [-0.15, -0.1) is 0 Å². The molecule has 1 aromatic carbocycles. The Balaban J connectivity index is 1.39. The van der Waals surface area contributed by atoms with E-state index < -0.39 is 6.10 Å². The molecular formula is C16H19N3O3. The van der Waals surface area contributed by atoms with Crippen molar-refractivity contribution >= 4 is 17.5 Å². The number of benzene rings is 1. The van der Waals surface area contributed by atoms with Gasteiger partial charge in [0.2, 0.25) is 12.0 Å². The first-order chi connectivity index (χ1) is 10.7. The number of carbonyl (C=O) groups excluding carboxylic acids is 2. The standard InChI is InChI=1S/C16H19N3O3/c20-15(18-12-6-7-12)8-9-17-16(21)14-10-13(19-22-14)11-4-2-1-3-5-11/h1-5,12,14H,6-10H2,(H,17,21)(H,18,20)/t14-/m0/s1. The molecule has 1 fully saturated rings. The number of carbonyl (C=O) groups is 2. The summed E-state index contributed by atoms with van der Waals surface area (Å²) >= 11 is 0. The fourth-order valence-electron chi connectivity index (χ4n) is 2.26. The molecular weight excluding hydrogens is 282 g/mol. The highest BCUT2D eigenvalue weighted by Crippen LogP contribution is 2.18. The molecule has 22 heavy (non-hydrogen) atoms. The predicted molar refractivity (Wildman–Crippen MR) is 81.3 cm³/mol. The molecule has 1 aromatic rings. The lowest BCUT2D eigenvalue weighted by molar-refractivity contribution is -0.131. The van der Waals surface area contributed by atoms with Crippen LogP contribution in [0.25, 0.3) is 0 Å². The van der Waals surface area contributed by atoms with Gasteiger partial charge in [-0.05, 0) is 18.4 Å². The lowest BCUT2D eigenvalue weighted by Crippen LogP contribution is -2.37. The molecule has 1 atom stereocenters. The highest BCUT2D eigenvalue weighted by Gasteiger charge is 2.28. The molecule has 6 heteroatoms. The normalized spacial score (nSPS) is 20.0. The third-order valence-electron chi connectivity index (χ3n) is 3.66. The number of rotatable bonds is 6. The minimum Gasteiger partial charge on any atom is -0.382 e. The molecule has 0 unspecified atom stereocenters. The maximum Gasteiger partial charge on any atom is 0.264 e. The van der Waals surface area contributed by atoms with E-state index in [1.54, 1.807) is 0 Å². The van der Waals surface area contributed by atoms with Crippen molar-refractivity contribution in [2.24, 2.45) is 5.16 Å². The number of nitrogens with one attached hydrogen (secondary N) is 2. The van der Waals surface area contributed by atoms with Crippen LogP contribution in [0, 0.1) is 0 Å². The first-order valence-electron chi connectivity index (χ1n) is 7.57. The Kier molecular flexibility index (Phi) is 4.37. The van der Waals surface area contributed by atoms with E-state index in [9.17, 15) is 9.59 Å². The lowest BCUT2D eigenvalue weighted by Gasteiger charge is -2.09. The van der Waals surface area contributed by atoms with E-state index >= 15 is 0 Å². The number of hydrogen-bond acceptors (Lipinski definition) is 4. The maximum absolute atomic E-state index is 12.0. The van der Waals surface area contributed by atoms with E-state index in [2.05, 4.69) is 15.8 Å². The van der Waals surface area contributed by atoms with Crippen LogP contribution in [0.4, 0.5) is 0 Å². The number of hydrogen-bond donors (Lipinski definition) is 2. The van der Waals surface area contributed by atoms with E-state index in [1.807, 2.05) is 30.3 Å². The van der Waals surface area contributed by atoms with Crippen molar-refractivity contribution in [2.75, 3.05) is 6.54 Å². The Hall–Kier alpha value is -2.37. The molecule has 0 bridgehead atoms. The zero-order chi connectivity index (χ0) is 15.4. The molecule has 2 amide bonds. The number of nitrogens with zero attached hydrogens (tertiary/aromatic N) is 1. The van der Waals surface area contributed by atoms with Crippen LogP contribution in [-0.4, -0.2) is 36.2 Å². The van der Waals surface area contributed by atoms with Crippen LogP contribution in [-0.2, 0) is 14.4 Å². The summed E-state index contributed by atoms with van der Waals surface area (Å²) in [7, 11) is 0. The summed E-state index contributed by atoms with van der Waals surface area (Å²) in [5, 5.41) is 9.58. The zero-order valence-electron chi connectivity index (χ0n) is 12.2. The van der Waals surface area contributed by atoms with Gasteiger partial charge in [-0.3, -0.25) is 9.59 Å². The third kappa shape index (κ3) is 3.84. The van der Waals surface area contributed by atoms with E-state index in [-0.39, 0.29) is 11.8 Å². The Morgan fingerprint density at radius 2 is 2.00 bits per heavy atom. The van der Waals surface area contributed by atoms with Gasteiger partial charge in [0.15, 0.2) is 0 Å². The Labute approximate surface area is 128 Å². The second kappa shape index (κ2) is 6.60. The Bertz CT molecular complexity index is 582.